The van der Waals surface area contributed by atoms with Gasteiger partial charge in [-0.3, -0.25) is 4.99 Å². The predicted octanol–water partition coefficient (Wildman–Crippen LogP) is 8.06. The lowest BCUT2D eigenvalue weighted by Crippen LogP contribution is -2.31. The molecule has 1 aliphatic carbocycles. The molecule has 1 aliphatic rings. The number of aryl methyl sites for hydroxylation is 1. The van der Waals surface area contributed by atoms with Crippen LogP contribution < -0.4 is 23.7 Å². The maximum Gasteiger partial charge on any atom is 0.184 e. The molecule has 9 heteroatoms. The number of hydrogen-bond acceptors (Lipinski definition) is 6. The SMILES string of the molecule is Br.COc1ccc(CC/N=c2/scc(C3(c4ccc(Cl)cc4)CCCC3)n2CCc2ccc(OC)c(OC)c2)cc1OC. The maximum absolute atomic E-state index is 6.30. The van der Waals surface area contributed by atoms with Crippen LogP contribution in [-0.4, -0.2) is 39.6 Å². The Bertz CT molecular complexity index is 1560. The van der Waals surface area contributed by atoms with E-state index in [1.54, 1.807) is 39.8 Å². The highest BCUT2D eigenvalue weighted by Crippen LogP contribution is 2.47. The third-order valence-corrected chi connectivity index (χ3v) is 9.46. The van der Waals surface area contributed by atoms with Crippen molar-refractivity contribution in [2.24, 2.45) is 4.99 Å². The maximum atomic E-state index is 6.30. The Labute approximate surface area is 274 Å². The van der Waals surface area contributed by atoms with E-state index in [-0.39, 0.29) is 22.4 Å². The quantitative estimate of drug-likeness (QED) is 0.151. The number of hydrogen-bond donors (Lipinski definition) is 0. The molecule has 0 spiro atoms. The highest BCUT2D eigenvalue weighted by Gasteiger charge is 2.40. The van der Waals surface area contributed by atoms with Gasteiger partial charge in [0.1, 0.15) is 0 Å². The van der Waals surface area contributed by atoms with Gasteiger partial charge in [-0.2, -0.15) is 0 Å². The van der Waals surface area contributed by atoms with Gasteiger partial charge in [-0.1, -0.05) is 48.7 Å². The molecule has 0 amide bonds. The third kappa shape index (κ3) is 7.24. The topological polar surface area (TPSA) is 54.2 Å². The van der Waals surface area contributed by atoms with Gasteiger partial charge >= 0.3 is 0 Å². The molecule has 1 aromatic heterocycles. The summed E-state index contributed by atoms with van der Waals surface area (Å²) in [5.74, 6) is 2.96. The van der Waals surface area contributed by atoms with Crippen LogP contribution in [0, 0.1) is 0 Å². The molecule has 3 aromatic carbocycles. The zero-order valence-corrected chi connectivity index (χ0v) is 28.5. The number of aromatic nitrogens is 1. The van der Waals surface area contributed by atoms with Crippen molar-refractivity contribution in [2.45, 2.75) is 50.5 Å². The lowest BCUT2D eigenvalue weighted by Gasteiger charge is -2.31. The van der Waals surface area contributed by atoms with E-state index in [4.69, 9.17) is 35.5 Å². The molecule has 1 fully saturated rings. The number of benzene rings is 3. The third-order valence-electron chi connectivity index (χ3n) is 8.31. The zero-order valence-electron chi connectivity index (χ0n) is 25.2. The molecular weight excluding hydrogens is 648 g/mol. The summed E-state index contributed by atoms with van der Waals surface area (Å²) >= 11 is 8.04. The standard InChI is InChI=1S/C34H39ClN2O4S.BrH/c1-38-28-13-7-24(21-30(28)40-3)15-19-36-33-37(20-16-25-8-14-29(39-2)31(22-25)41-4)32(23-42-33)34(17-5-6-18-34)26-9-11-27(35)12-10-26;/h7-14,21-23H,5-6,15-20H2,1-4H3;1H/b36-33+;. The summed E-state index contributed by atoms with van der Waals surface area (Å²) < 4.78 is 24.4. The van der Waals surface area contributed by atoms with E-state index in [1.807, 2.05) is 30.3 Å². The first-order valence-electron chi connectivity index (χ1n) is 14.4. The molecule has 0 radical (unpaired) electrons. The molecule has 43 heavy (non-hydrogen) atoms. The first-order chi connectivity index (χ1) is 20.5. The van der Waals surface area contributed by atoms with Crippen molar-refractivity contribution in [2.75, 3.05) is 35.0 Å². The minimum atomic E-state index is -0.0458. The molecule has 4 aromatic rings. The number of halogens is 2. The molecule has 5 rings (SSSR count). The monoisotopic (exact) mass is 686 g/mol. The molecular formula is C34H40BrClN2O4S. The average Bonchev–Trinajstić information content (AvgIpc) is 3.68. The number of thiazole rings is 1. The summed E-state index contributed by atoms with van der Waals surface area (Å²) in [7, 11) is 6.67. The van der Waals surface area contributed by atoms with Crippen LogP contribution in [0.15, 0.2) is 71.0 Å². The highest BCUT2D eigenvalue weighted by atomic mass is 79.9. The lowest BCUT2D eigenvalue weighted by molar-refractivity contribution is 0.354. The molecule has 0 N–H and O–H groups in total. The zero-order chi connectivity index (χ0) is 29.5. The number of rotatable bonds is 12. The van der Waals surface area contributed by atoms with Gasteiger partial charge in [0.2, 0.25) is 0 Å². The number of methoxy groups -OCH3 is 4. The smallest absolute Gasteiger partial charge is 0.184 e. The second-order valence-electron chi connectivity index (χ2n) is 10.6. The minimum absolute atomic E-state index is 0. The Morgan fingerprint density at radius 3 is 1.88 bits per heavy atom. The Balaban J connectivity index is 0.00000423. The highest BCUT2D eigenvalue weighted by molar-refractivity contribution is 8.93. The minimum Gasteiger partial charge on any atom is -0.493 e. The summed E-state index contributed by atoms with van der Waals surface area (Å²) in [5, 5.41) is 3.11. The Hall–Kier alpha value is -2.94. The Morgan fingerprint density at radius 1 is 0.767 bits per heavy atom. The van der Waals surface area contributed by atoms with Crippen molar-refractivity contribution in [3.8, 4) is 23.0 Å². The first-order valence-corrected chi connectivity index (χ1v) is 15.6. The Kier molecular flexibility index (Phi) is 11.6. The first kappa shape index (κ1) is 33.0. The summed E-state index contributed by atoms with van der Waals surface area (Å²) in [6.07, 6.45) is 6.31. The molecule has 0 saturated heterocycles. The summed E-state index contributed by atoms with van der Waals surface area (Å²) in [6, 6.07) is 20.7. The fourth-order valence-electron chi connectivity index (χ4n) is 6.08. The number of ether oxygens (including phenoxy) is 4. The van der Waals surface area contributed by atoms with Crippen LogP contribution in [0.2, 0.25) is 5.02 Å². The van der Waals surface area contributed by atoms with E-state index < -0.39 is 0 Å². The van der Waals surface area contributed by atoms with Gasteiger partial charge < -0.3 is 23.5 Å². The molecule has 0 bridgehead atoms. The van der Waals surface area contributed by atoms with E-state index in [2.05, 4.69) is 40.3 Å². The molecule has 1 heterocycles. The van der Waals surface area contributed by atoms with Crippen molar-refractivity contribution in [3.63, 3.8) is 0 Å². The average molecular weight is 688 g/mol. The van der Waals surface area contributed by atoms with Gasteiger partial charge in [-0.15, -0.1) is 28.3 Å². The van der Waals surface area contributed by atoms with E-state index in [9.17, 15) is 0 Å². The Morgan fingerprint density at radius 2 is 1.33 bits per heavy atom. The van der Waals surface area contributed by atoms with Gasteiger partial charge in [0.15, 0.2) is 27.8 Å². The fraction of sp³-hybridized carbons (Fsp3) is 0.382. The summed E-state index contributed by atoms with van der Waals surface area (Å²) in [4.78, 5) is 6.19. The van der Waals surface area contributed by atoms with Crippen LogP contribution in [0.3, 0.4) is 0 Å². The van der Waals surface area contributed by atoms with Crippen molar-refractivity contribution in [1.29, 1.82) is 0 Å². The lowest BCUT2D eigenvalue weighted by atomic mass is 9.76. The molecule has 6 nitrogen and oxygen atoms in total. The van der Waals surface area contributed by atoms with Crippen LogP contribution in [0.4, 0.5) is 0 Å². The molecule has 0 aliphatic heterocycles. The van der Waals surface area contributed by atoms with Gasteiger partial charge in [0.25, 0.3) is 0 Å². The van der Waals surface area contributed by atoms with Gasteiger partial charge in [-0.05, 0) is 78.8 Å². The van der Waals surface area contributed by atoms with Crippen molar-refractivity contribution in [3.05, 3.63) is 98.3 Å². The van der Waals surface area contributed by atoms with Crippen LogP contribution in [0.25, 0.3) is 0 Å². The van der Waals surface area contributed by atoms with E-state index in [1.165, 1.54) is 35.2 Å². The fourth-order valence-corrected chi connectivity index (χ4v) is 7.26. The van der Waals surface area contributed by atoms with Crippen LogP contribution in [-0.2, 0) is 24.8 Å². The van der Waals surface area contributed by atoms with E-state index >= 15 is 0 Å². The largest absolute Gasteiger partial charge is 0.493 e. The molecule has 230 valence electrons. The summed E-state index contributed by atoms with van der Waals surface area (Å²) in [5.41, 5.74) is 4.99. The van der Waals surface area contributed by atoms with Crippen LogP contribution in [0.1, 0.15) is 48.1 Å². The molecule has 0 atom stereocenters. The number of nitrogens with zero attached hydrogens (tertiary/aromatic N) is 2. The predicted molar refractivity (Wildman–Crippen MR) is 180 cm³/mol. The molecule has 0 unspecified atom stereocenters. The second-order valence-corrected chi connectivity index (χ2v) is 11.9. The van der Waals surface area contributed by atoms with Gasteiger partial charge in [0.05, 0.1) is 28.4 Å². The van der Waals surface area contributed by atoms with Crippen molar-refractivity contribution < 1.29 is 18.9 Å². The van der Waals surface area contributed by atoms with Gasteiger partial charge in [0, 0.05) is 34.6 Å². The van der Waals surface area contributed by atoms with E-state index in [0.29, 0.717) is 6.54 Å². The van der Waals surface area contributed by atoms with Gasteiger partial charge in [-0.25, -0.2) is 0 Å². The van der Waals surface area contributed by atoms with E-state index in [0.717, 1.165) is 65.1 Å². The van der Waals surface area contributed by atoms with Crippen LogP contribution >= 0.6 is 39.9 Å². The molecule has 1 saturated carbocycles. The summed E-state index contributed by atoms with van der Waals surface area (Å²) in [6.45, 7) is 1.50. The van der Waals surface area contributed by atoms with Crippen molar-refractivity contribution >= 4 is 39.9 Å². The van der Waals surface area contributed by atoms with Crippen LogP contribution in [0.5, 0.6) is 23.0 Å². The van der Waals surface area contributed by atoms with Crippen molar-refractivity contribution in [1.82, 2.24) is 4.57 Å². The normalized spacial score (nSPS) is 14.3. The second kappa shape index (κ2) is 15.2.